The number of hydrogen-bond acceptors (Lipinski definition) is 5. The Morgan fingerprint density at radius 3 is 2.59 bits per heavy atom. The van der Waals surface area contributed by atoms with Gasteiger partial charge in [-0.05, 0) is 24.5 Å². The first-order valence-corrected chi connectivity index (χ1v) is 6.33. The third-order valence-corrected chi connectivity index (χ3v) is 3.39. The first-order chi connectivity index (χ1) is 7.47. The molecular formula is C11H18ClN3OS. The van der Waals surface area contributed by atoms with Crippen molar-refractivity contribution >= 4 is 29.7 Å². The van der Waals surface area contributed by atoms with Gasteiger partial charge in [0, 0.05) is 5.41 Å². The summed E-state index contributed by atoms with van der Waals surface area (Å²) < 4.78 is 4.30. The summed E-state index contributed by atoms with van der Waals surface area (Å²) in [5.74, 6) is 1.07. The minimum atomic E-state index is -0.0352. The Bertz CT molecular complexity index is 396. The van der Waals surface area contributed by atoms with E-state index in [-0.39, 0.29) is 29.6 Å². The normalized spacial score (nSPS) is 19.4. The molecule has 1 aromatic rings. The molecule has 1 aliphatic rings. The molecule has 17 heavy (non-hydrogen) atoms. The summed E-state index contributed by atoms with van der Waals surface area (Å²) in [6.45, 7) is 7.19. The van der Waals surface area contributed by atoms with Gasteiger partial charge in [0.15, 0.2) is 5.78 Å². The highest BCUT2D eigenvalue weighted by Crippen LogP contribution is 2.21. The van der Waals surface area contributed by atoms with Crippen molar-refractivity contribution < 1.29 is 4.79 Å². The lowest BCUT2D eigenvalue weighted by molar-refractivity contribution is -0.121. The van der Waals surface area contributed by atoms with Crippen LogP contribution >= 0.6 is 23.9 Å². The first kappa shape index (κ1) is 14.5. The first-order valence-electron chi connectivity index (χ1n) is 5.56. The standard InChI is InChI=1S/C11H17N3OS.ClH/c1-11(2,3)10-13-9(16-14-10)6-8(15)7-4-5-12-7;/h7,12H,4-6H2,1-3H3;1H/t7-;/m0./s1. The maximum Gasteiger partial charge on any atom is 0.156 e. The minimum absolute atomic E-state index is 0. The Balaban J connectivity index is 0.00000144. The lowest BCUT2D eigenvalue weighted by Crippen LogP contribution is -2.49. The summed E-state index contributed by atoms with van der Waals surface area (Å²) in [6.07, 6.45) is 1.38. The summed E-state index contributed by atoms with van der Waals surface area (Å²) in [7, 11) is 0. The van der Waals surface area contributed by atoms with Gasteiger partial charge in [-0.3, -0.25) is 4.79 Å². The molecule has 0 aromatic carbocycles. The van der Waals surface area contributed by atoms with E-state index in [0.717, 1.165) is 23.8 Å². The number of hydrogen-bond donors (Lipinski definition) is 1. The van der Waals surface area contributed by atoms with Gasteiger partial charge in [-0.1, -0.05) is 20.8 Å². The van der Waals surface area contributed by atoms with E-state index in [1.165, 1.54) is 11.5 Å². The number of aromatic nitrogens is 2. The Labute approximate surface area is 112 Å². The number of nitrogens with one attached hydrogen (secondary N) is 1. The summed E-state index contributed by atoms with van der Waals surface area (Å²) >= 11 is 1.35. The lowest BCUT2D eigenvalue weighted by atomic mass is 9.96. The number of Topliss-reactive ketones (excluding diaryl/α,β-unsaturated/α-hetero) is 1. The molecule has 0 saturated carbocycles. The highest BCUT2D eigenvalue weighted by molar-refractivity contribution is 7.05. The zero-order valence-electron chi connectivity index (χ0n) is 10.3. The molecule has 1 N–H and O–H groups in total. The molecule has 1 fully saturated rings. The number of carbonyl (C=O) groups excluding carboxylic acids is 1. The molecule has 2 rings (SSSR count). The monoisotopic (exact) mass is 275 g/mol. The van der Waals surface area contributed by atoms with Crippen LogP contribution in [0.5, 0.6) is 0 Å². The molecule has 0 amide bonds. The molecule has 1 aliphatic heterocycles. The molecule has 0 radical (unpaired) electrons. The molecule has 0 spiro atoms. The second-order valence-corrected chi connectivity index (χ2v) is 6.04. The molecule has 4 nitrogen and oxygen atoms in total. The Morgan fingerprint density at radius 2 is 2.18 bits per heavy atom. The summed E-state index contributed by atoms with van der Waals surface area (Å²) in [6, 6.07) is 0.0574. The van der Waals surface area contributed by atoms with Gasteiger partial charge < -0.3 is 5.32 Å². The summed E-state index contributed by atoms with van der Waals surface area (Å²) in [5.41, 5.74) is -0.0352. The third kappa shape index (κ3) is 3.47. The third-order valence-electron chi connectivity index (χ3n) is 2.68. The maximum absolute atomic E-state index is 11.7. The van der Waals surface area contributed by atoms with Crippen molar-refractivity contribution in [1.29, 1.82) is 0 Å². The molecule has 0 unspecified atom stereocenters. The second kappa shape index (κ2) is 5.42. The van der Waals surface area contributed by atoms with Crippen molar-refractivity contribution in [1.82, 2.24) is 14.7 Å². The van der Waals surface area contributed by atoms with E-state index >= 15 is 0 Å². The van der Waals surface area contributed by atoms with Crippen molar-refractivity contribution in [2.75, 3.05) is 6.54 Å². The lowest BCUT2D eigenvalue weighted by Gasteiger charge is -2.25. The second-order valence-electron chi connectivity index (χ2n) is 5.20. The molecule has 96 valence electrons. The number of ketones is 1. The van der Waals surface area contributed by atoms with E-state index in [0.29, 0.717) is 6.42 Å². The number of carbonyl (C=O) groups is 1. The van der Waals surface area contributed by atoms with Crippen LogP contribution < -0.4 is 5.32 Å². The van der Waals surface area contributed by atoms with Crippen LogP contribution in [0, 0.1) is 0 Å². The van der Waals surface area contributed by atoms with Crippen LogP contribution in [0.2, 0.25) is 0 Å². The van der Waals surface area contributed by atoms with Crippen LogP contribution in [0.1, 0.15) is 38.0 Å². The van der Waals surface area contributed by atoms with E-state index in [9.17, 15) is 4.79 Å². The van der Waals surface area contributed by atoms with Crippen molar-refractivity contribution in [2.24, 2.45) is 0 Å². The maximum atomic E-state index is 11.7. The SMILES string of the molecule is CC(C)(C)c1nsc(CC(=O)[C@@H]2CCN2)n1.Cl. The van der Waals surface area contributed by atoms with Gasteiger partial charge in [-0.25, -0.2) is 4.98 Å². The topological polar surface area (TPSA) is 54.9 Å². The van der Waals surface area contributed by atoms with Gasteiger partial charge in [-0.15, -0.1) is 12.4 Å². The highest BCUT2D eigenvalue weighted by Gasteiger charge is 2.26. The molecule has 2 heterocycles. The summed E-state index contributed by atoms with van der Waals surface area (Å²) in [4.78, 5) is 16.2. The quantitative estimate of drug-likeness (QED) is 0.913. The Kier molecular flexibility index (Phi) is 4.63. The van der Waals surface area contributed by atoms with Crippen LogP contribution in [-0.4, -0.2) is 27.7 Å². The van der Waals surface area contributed by atoms with Crippen molar-refractivity contribution in [3.05, 3.63) is 10.8 Å². The zero-order valence-corrected chi connectivity index (χ0v) is 12.0. The minimum Gasteiger partial charge on any atom is -0.307 e. The van der Waals surface area contributed by atoms with Crippen molar-refractivity contribution in [2.45, 2.75) is 45.1 Å². The van der Waals surface area contributed by atoms with Gasteiger partial charge in [0.05, 0.1) is 12.5 Å². The zero-order chi connectivity index (χ0) is 11.8. The Hall–Kier alpha value is -0.520. The molecule has 1 saturated heterocycles. The molecule has 1 atom stereocenters. The number of nitrogens with zero attached hydrogens (tertiary/aromatic N) is 2. The average Bonchev–Trinajstić information content (AvgIpc) is 2.47. The highest BCUT2D eigenvalue weighted by atomic mass is 35.5. The fourth-order valence-electron chi connectivity index (χ4n) is 1.47. The largest absolute Gasteiger partial charge is 0.307 e. The fourth-order valence-corrected chi connectivity index (χ4v) is 2.31. The predicted molar refractivity (Wildman–Crippen MR) is 71.0 cm³/mol. The van der Waals surface area contributed by atoms with Crippen molar-refractivity contribution in [3.63, 3.8) is 0 Å². The predicted octanol–water partition coefficient (Wildman–Crippen LogP) is 1.73. The number of halogens is 1. The van der Waals surface area contributed by atoms with E-state index in [2.05, 4.69) is 35.4 Å². The van der Waals surface area contributed by atoms with Crippen LogP contribution in [0.25, 0.3) is 0 Å². The van der Waals surface area contributed by atoms with Gasteiger partial charge in [0.25, 0.3) is 0 Å². The van der Waals surface area contributed by atoms with E-state index in [1.54, 1.807) is 0 Å². The van der Waals surface area contributed by atoms with Crippen LogP contribution in [0.3, 0.4) is 0 Å². The Morgan fingerprint density at radius 1 is 1.53 bits per heavy atom. The number of rotatable bonds is 3. The molecule has 6 heteroatoms. The summed E-state index contributed by atoms with van der Waals surface area (Å²) in [5, 5.41) is 3.95. The molecule has 0 bridgehead atoms. The molecule has 1 aromatic heterocycles. The fraction of sp³-hybridized carbons (Fsp3) is 0.727. The van der Waals surface area contributed by atoms with Gasteiger partial charge in [0.1, 0.15) is 10.8 Å². The van der Waals surface area contributed by atoms with E-state index in [1.807, 2.05) is 0 Å². The van der Waals surface area contributed by atoms with Gasteiger partial charge in [0.2, 0.25) is 0 Å². The molecular weight excluding hydrogens is 258 g/mol. The smallest absolute Gasteiger partial charge is 0.156 e. The van der Waals surface area contributed by atoms with E-state index in [4.69, 9.17) is 0 Å². The van der Waals surface area contributed by atoms with Crippen LogP contribution in [-0.2, 0) is 16.6 Å². The van der Waals surface area contributed by atoms with Gasteiger partial charge >= 0.3 is 0 Å². The van der Waals surface area contributed by atoms with Crippen molar-refractivity contribution in [3.8, 4) is 0 Å². The van der Waals surface area contributed by atoms with Crippen LogP contribution in [0.4, 0.5) is 0 Å². The average molecular weight is 276 g/mol. The molecule has 0 aliphatic carbocycles. The van der Waals surface area contributed by atoms with E-state index < -0.39 is 0 Å². The van der Waals surface area contributed by atoms with Gasteiger partial charge in [-0.2, -0.15) is 4.37 Å². The van der Waals surface area contributed by atoms with Crippen LogP contribution in [0.15, 0.2) is 0 Å².